The first-order chi connectivity index (χ1) is 9.77. The van der Waals surface area contributed by atoms with Crippen LogP contribution < -0.4 is 0 Å². The van der Waals surface area contributed by atoms with Crippen LogP contribution in [0.25, 0.3) is 0 Å². The molecule has 20 heavy (non-hydrogen) atoms. The van der Waals surface area contributed by atoms with Gasteiger partial charge in [-0.2, -0.15) is 0 Å². The van der Waals surface area contributed by atoms with Crippen LogP contribution in [-0.4, -0.2) is 0 Å². The van der Waals surface area contributed by atoms with Gasteiger partial charge in [-0.15, -0.1) is 0 Å². The van der Waals surface area contributed by atoms with Gasteiger partial charge < -0.3 is 0 Å². The number of unbranched alkanes of at least 4 members (excludes halogenated alkanes) is 14. The van der Waals surface area contributed by atoms with Crippen molar-refractivity contribution in [3.8, 4) is 0 Å². The minimum absolute atomic E-state index is 0.541. The van der Waals surface area contributed by atoms with Crippen LogP contribution in [0.4, 0.5) is 0 Å². The summed E-state index contributed by atoms with van der Waals surface area (Å²) >= 11 is 11.2. The van der Waals surface area contributed by atoms with Gasteiger partial charge in [0.2, 0.25) is 0 Å². The minimum Gasteiger partial charge on any atom is -0.0983 e. The first-order valence-electron chi connectivity index (χ1n) is 8.94. The summed E-state index contributed by atoms with van der Waals surface area (Å²) in [7, 11) is 0. The van der Waals surface area contributed by atoms with E-state index in [1.807, 2.05) is 0 Å². The molecule has 0 aliphatic carbocycles. The van der Waals surface area contributed by atoms with E-state index in [1.54, 1.807) is 0 Å². The zero-order valence-electron chi connectivity index (χ0n) is 13.6. The van der Waals surface area contributed by atoms with E-state index < -0.39 is 0 Å². The summed E-state index contributed by atoms with van der Waals surface area (Å²) in [5, 5.41) is 0. The Labute approximate surface area is 138 Å². The highest BCUT2D eigenvalue weighted by Crippen LogP contribution is 2.21. The van der Waals surface area contributed by atoms with Crippen molar-refractivity contribution in [2.75, 3.05) is 0 Å². The van der Waals surface area contributed by atoms with Crippen LogP contribution in [0.15, 0.2) is 0 Å². The van der Waals surface area contributed by atoms with Gasteiger partial charge in [0.1, 0.15) is 0 Å². The van der Waals surface area contributed by atoms with E-state index >= 15 is 0 Å². The average Bonchev–Trinajstić information content (AvgIpc) is 2.43. The molecule has 2 heteroatoms. The molecule has 0 aliphatic rings. The maximum Gasteiger partial charge on any atom is 0.151 e. The minimum atomic E-state index is 0.541. The fraction of sp³-hybridized carbons (Fsp3) is 0.944. The van der Waals surface area contributed by atoms with Crippen molar-refractivity contribution in [3.63, 3.8) is 0 Å². The molecule has 0 bridgehead atoms. The summed E-state index contributed by atoms with van der Waals surface area (Å²) in [6.45, 7) is 2.28. The van der Waals surface area contributed by atoms with Crippen LogP contribution in [0, 0.1) is 4.84 Å². The Morgan fingerprint density at radius 1 is 0.500 bits per heavy atom. The summed E-state index contributed by atoms with van der Waals surface area (Å²) in [5.74, 6) is 0. The smallest absolute Gasteiger partial charge is 0.0983 e. The van der Waals surface area contributed by atoms with Crippen molar-refractivity contribution in [2.45, 2.75) is 110 Å². The lowest BCUT2D eigenvalue weighted by Crippen LogP contribution is -1.84. The standard InChI is InChI=1S/C18H35Cl2/c1-2-3-4-5-6-7-8-9-10-11-12-13-14-15-16-17-18(19)20/h2-17H2,1H3. The second kappa shape index (κ2) is 17.6. The van der Waals surface area contributed by atoms with E-state index in [0.29, 0.717) is 4.84 Å². The van der Waals surface area contributed by atoms with Crippen LogP contribution in [0.5, 0.6) is 0 Å². The summed E-state index contributed by atoms with van der Waals surface area (Å²) in [5.41, 5.74) is 0. The predicted octanol–water partition coefficient (Wildman–Crippen LogP) is 8.21. The normalized spacial score (nSPS) is 11.4. The molecule has 0 N–H and O–H groups in total. The van der Waals surface area contributed by atoms with Crippen molar-refractivity contribution >= 4 is 23.2 Å². The van der Waals surface area contributed by atoms with Crippen molar-refractivity contribution < 1.29 is 0 Å². The Balaban J connectivity index is 2.92. The third kappa shape index (κ3) is 18.6. The lowest BCUT2D eigenvalue weighted by molar-refractivity contribution is 0.532. The quantitative estimate of drug-likeness (QED) is 0.251. The van der Waals surface area contributed by atoms with Gasteiger partial charge in [0.05, 0.1) is 0 Å². The molecule has 121 valence electrons. The Bertz CT molecular complexity index is 169. The van der Waals surface area contributed by atoms with E-state index in [9.17, 15) is 0 Å². The lowest BCUT2D eigenvalue weighted by atomic mass is 10.0. The van der Waals surface area contributed by atoms with Gasteiger partial charge in [-0.05, 0) is 6.42 Å². The molecule has 0 atom stereocenters. The second-order valence-corrected chi connectivity index (χ2v) is 7.14. The molecule has 0 aliphatic heterocycles. The molecule has 0 aromatic rings. The fourth-order valence-corrected chi connectivity index (χ4v) is 2.90. The summed E-state index contributed by atoms with van der Waals surface area (Å²) < 4.78 is 0. The number of hydrogen-bond donors (Lipinski definition) is 0. The van der Waals surface area contributed by atoms with Gasteiger partial charge in [0, 0.05) is 0 Å². The first kappa shape index (κ1) is 20.6. The molecule has 0 heterocycles. The van der Waals surface area contributed by atoms with Crippen LogP contribution >= 0.6 is 23.2 Å². The maximum atomic E-state index is 5.62. The Morgan fingerprint density at radius 3 is 1.10 bits per heavy atom. The fourth-order valence-electron chi connectivity index (χ4n) is 2.63. The molecule has 0 nitrogen and oxygen atoms in total. The third-order valence-electron chi connectivity index (χ3n) is 3.97. The number of hydrogen-bond acceptors (Lipinski definition) is 0. The Kier molecular flexibility index (Phi) is 18.1. The second-order valence-electron chi connectivity index (χ2n) is 6.04. The number of halogens is 2. The molecule has 0 aromatic carbocycles. The summed E-state index contributed by atoms with van der Waals surface area (Å²) in [6.07, 6.45) is 21.8. The van der Waals surface area contributed by atoms with Crippen LogP contribution in [0.2, 0.25) is 0 Å². The molecule has 0 rings (SSSR count). The zero-order chi connectivity index (χ0) is 14.9. The molecular weight excluding hydrogens is 287 g/mol. The monoisotopic (exact) mass is 321 g/mol. The molecule has 0 unspecified atom stereocenters. The maximum absolute atomic E-state index is 5.62. The van der Waals surface area contributed by atoms with Gasteiger partial charge in [-0.25, -0.2) is 0 Å². The van der Waals surface area contributed by atoms with E-state index in [0.717, 1.165) is 12.8 Å². The van der Waals surface area contributed by atoms with Crippen molar-refractivity contribution in [2.24, 2.45) is 0 Å². The molecule has 0 fully saturated rings. The molecule has 0 amide bonds. The van der Waals surface area contributed by atoms with E-state index in [1.165, 1.54) is 89.9 Å². The molecule has 0 aromatic heterocycles. The third-order valence-corrected chi connectivity index (χ3v) is 4.35. The summed E-state index contributed by atoms with van der Waals surface area (Å²) in [6, 6.07) is 0. The number of rotatable bonds is 16. The topological polar surface area (TPSA) is 0 Å². The van der Waals surface area contributed by atoms with Crippen LogP contribution in [0.1, 0.15) is 110 Å². The van der Waals surface area contributed by atoms with Crippen molar-refractivity contribution in [3.05, 3.63) is 4.84 Å². The van der Waals surface area contributed by atoms with Gasteiger partial charge in [0.15, 0.2) is 4.84 Å². The zero-order valence-corrected chi connectivity index (χ0v) is 15.1. The molecule has 0 spiro atoms. The largest absolute Gasteiger partial charge is 0.151 e. The van der Waals surface area contributed by atoms with Gasteiger partial charge >= 0.3 is 0 Å². The van der Waals surface area contributed by atoms with Gasteiger partial charge in [0.25, 0.3) is 0 Å². The molecular formula is C18H35Cl2. The lowest BCUT2D eigenvalue weighted by Gasteiger charge is -2.03. The van der Waals surface area contributed by atoms with E-state index in [-0.39, 0.29) is 0 Å². The van der Waals surface area contributed by atoms with Crippen molar-refractivity contribution in [1.82, 2.24) is 0 Å². The molecule has 1 radical (unpaired) electrons. The van der Waals surface area contributed by atoms with Gasteiger partial charge in [-0.1, -0.05) is 126 Å². The predicted molar refractivity (Wildman–Crippen MR) is 94.5 cm³/mol. The van der Waals surface area contributed by atoms with Crippen molar-refractivity contribution in [1.29, 1.82) is 0 Å². The SMILES string of the molecule is CCCCCCCCCCCCCCCCC[C](Cl)Cl. The highest BCUT2D eigenvalue weighted by Gasteiger charge is 1.99. The molecule has 0 saturated heterocycles. The highest BCUT2D eigenvalue weighted by atomic mass is 35.5. The van der Waals surface area contributed by atoms with Crippen LogP contribution in [0.3, 0.4) is 0 Å². The highest BCUT2D eigenvalue weighted by molar-refractivity contribution is 6.52. The summed E-state index contributed by atoms with van der Waals surface area (Å²) in [4.78, 5) is 0.541. The van der Waals surface area contributed by atoms with Crippen LogP contribution in [-0.2, 0) is 0 Å². The van der Waals surface area contributed by atoms with E-state index in [4.69, 9.17) is 23.2 Å². The Hall–Kier alpha value is 0.580. The molecule has 0 saturated carbocycles. The van der Waals surface area contributed by atoms with Gasteiger partial charge in [-0.3, -0.25) is 0 Å². The van der Waals surface area contributed by atoms with E-state index in [2.05, 4.69) is 6.92 Å². The average molecular weight is 322 g/mol. The Morgan fingerprint density at radius 2 is 0.800 bits per heavy atom. The first-order valence-corrected chi connectivity index (χ1v) is 9.69.